The highest BCUT2D eigenvalue weighted by Crippen LogP contribution is 2.23. The average Bonchev–Trinajstić information content (AvgIpc) is 2.40. The van der Waals surface area contributed by atoms with Crippen molar-refractivity contribution in [2.24, 2.45) is 0 Å². The molecule has 0 bridgehead atoms. The number of hydrogen-bond acceptors (Lipinski definition) is 3. The maximum absolute atomic E-state index is 13.7. The molecule has 0 aromatic heterocycles. The molecule has 0 amide bonds. The number of benzene rings is 1. The molecule has 0 aliphatic rings. The van der Waals surface area contributed by atoms with Crippen LogP contribution in [0.4, 0.5) is 4.39 Å². The van der Waals surface area contributed by atoms with Crippen LogP contribution in [-0.4, -0.2) is 25.2 Å². The molecule has 0 saturated carbocycles. The largest absolute Gasteiger partial charge is 0.478 e. The van der Waals surface area contributed by atoms with Crippen LogP contribution in [0.25, 0.3) is 0 Å². The van der Waals surface area contributed by atoms with E-state index in [0.29, 0.717) is 6.42 Å². The van der Waals surface area contributed by atoms with Crippen LogP contribution in [0, 0.1) is 12.7 Å². The van der Waals surface area contributed by atoms with Gasteiger partial charge in [-0.25, -0.2) is 17.6 Å². The second-order valence-corrected chi connectivity index (χ2v) is 7.20. The Hall–Kier alpha value is -1.43. The van der Waals surface area contributed by atoms with Gasteiger partial charge in [-0.3, -0.25) is 0 Å². The maximum atomic E-state index is 13.7. The fourth-order valence-corrected chi connectivity index (χ4v) is 3.78. The molecule has 21 heavy (non-hydrogen) atoms. The molecule has 0 unspecified atom stereocenters. The van der Waals surface area contributed by atoms with Crippen LogP contribution in [0.15, 0.2) is 17.0 Å². The van der Waals surface area contributed by atoms with Gasteiger partial charge in [0.2, 0.25) is 0 Å². The number of sulfone groups is 1. The minimum Gasteiger partial charge on any atom is -0.478 e. The molecule has 0 saturated heterocycles. The predicted octanol–water partition coefficient (Wildman–Crippen LogP) is 3.58. The van der Waals surface area contributed by atoms with Gasteiger partial charge < -0.3 is 5.11 Å². The van der Waals surface area contributed by atoms with E-state index in [1.807, 2.05) is 0 Å². The summed E-state index contributed by atoms with van der Waals surface area (Å²) >= 11 is 0. The summed E-state index contributed by atoms with van der Waals surface area (Å²) in [5.41, 5.74) is -0.365. The summed E-state index contributed by atoms with van der Waals surface area (Å²) < 4.78 is 38.2. The van der Waals surface area contributed by atoms with E-state index in [0.717, 1.165) is 37.8 Å². The Kier molecular flexibility index (Phi) is 6.33. The smallest absolute Gasteiger partial charge is 0.335 e. The van der Waals surface area contributed by atoms with Gasteiger partial charge in [-0.2, -0.15) is 0 Å². The van der Waals surface area contributed by atoms with Crippen molar-refractivity contribution >= 4 is 15.8 Å². The number of unbranched alkanes of at least 4 members (excludes halogenated alkanes) is 4. The van der Waals surface area contributed by atoms with E-state index < -0.39 is 21.6 Å². The minimum atomic E-state index is -3.66. The Labute approximate surface area is 124 Å². The van der Waals surface area contributed by atoms with Crippen molar-refractivity contribution in [1.29, 1.82) is 0 Å². The Balaban J connectivity index is 2.94. The van der Waals surface area contributed by atoms with E-state index in [9.17, 15) is 17.6 Å². The number of carboxylic acids is 1. The van der Waals surface area contributed by atoms with Crippen molar-refractivity contribution in [3.05, 3.63) is 29.1 Å². The van der Waals surface area contributed by atoms with Crippen LogP contribution in [0.5, 0.6) is 0 Å². The number of carboxylic acid groups (broad SMARTS) is 1. The molecular formula is C15H21FO4S. The van der Waals surface area contributed by atoms with Crippen molar-refractivity contribution < 1.29 is 22.7 Å². The number of carbonyl (C=O) groups is 1. The van der Waals surface area contributed by atoms with E-state index in [1.54, 1.807) is 0 Å². The lowest BCUT2D eigenvalue weighted by Crippen LogP contribution is -2.11. The van der Waals surface area contributed by atoms with Gasteiger partial charge in [0.1, 0.15) is 5.82 Å². The van der Waals surface area contributed by atoms with Gasteiger partial charge in [0, 0.05) is 5.56 Å². The summed E-state index contributed by atoms with van der Waals surface area (Å²) in [6.07, 6.45) is 4.39. The molecular weight excluding hydrogens is 295 g/mol. The number of rotatable bonds is 8. The Morgan fingerprint density at radius 2 is 1.81 bits per heavy atom. The van der Waals surface area contributed by atoms with Gasteiger partial charge >= 0.3 is 5.97 Å². The highest BCUT2D eigenvalue weighted by Gasteiger charge is 2.21. The van der Waals surface area contributed by atoms with Gasteiger partial charge in [-0.1, -0.05) is 32.6 Å². The van der Waals surface area contributed by atoms with Gasteiger partial charge in [0.25, 0.3) is 0 Å². The molecule has 1 aromatic rings. The molecule has 1 aromatic carbocycles. The summed E-state index contributed by atoms with van der Waals surface area (Å²) in [7, 11) is -3.66. The fraction of sp³-hybridized carbons (Fsp3) is 0.533. The molecule has 0 atom stereocenters. The SMILES string of the molecule is CCCCCCCS(=O)(=O)c1cc(C(=O)O)cc(F)c1C. The second-order valence-electron chi connectivity index (χ2n) is 5.12. The van der Waals surface area contributed by atoms with Crippen LogP contribution in [-0.2, 0) is 9.84 Å². The summed E-state index contributed by atoms with van der Waals surface area (Å²) in [5.74, 6) is -2.23. The molecule has 0 aliphatic carbocycles. The number of hydrogen-bond donors (Lipinski definition) is 1. The monoisotopic (exact) mass is 316 g/mol. The summed E-state index contributed by atoms with van der Waals surface area (Å²) in [5, 5.41) is 8.90. The lowest BCUT2D eigenvalue weighted by Gasteiger charge is -2.10. The molecule has 1 rings (SSSR count). The third-order valence-corrected chi connectivity index (χ3v) is 5.32. The number of aromatic carboxylic acids is 1. The first-order chi connectivity index (χ1) is 9.79. The van der Waals surface area contributed by atoms with Gasteiger partial charge in [-0.05, 0) is 25.5 Å². The third-order valence-electron chi connectivity index (χ3n) is 3.40. The summed E-state index contributed by atoms with van der Waals surface area (Å²) in [6, 6.07) is 1.89. The van der Waals surface area contributed by atoms with Crippen LogP contribution >= 0.6 is 0 Å². The van der Waals surface area contributed by atoms with E-state index in [1.165, 1.54) is 6.92 Å². The molecule has 0 spiro atoms. The van der Waals surface area contributed by atoms with Crippen LogP contribution in [0.1, 0.15) is 54.9 Å². The first-order valence-electron chi connectivity index (χ1n) is 7.05. The fourth-order valence-electron chi connectivity index (χ4n) is 2.11. The predicted molar refractivity (Wildman–Crippen MR) is 78.9 cm³/mol. The third kappa shape index (κ3) is 4.81. The van der Waals surface area contributed by atoms with Crippen molar-refractivity contribution in [3.8, 4) is 0 Å². The Morgan fingerprint density at radius 3 is 2.38 bits per heavy atom. The molecule has 4 nitrogen and oxygen atoms in total. The van der Waals surface area contributed by atoms with Crippen molar-refractivity contribution in [2.75, 3.05) is 5.75 Å². The molecule has 0 radical (unpaired) electrons. The van der Waals surface area contributed by atoms with E-state index in [2.05, 4.69) is 6.92 Å². The number of halogens is 1. The summed E-state index contributed by atoms with van der Waals surface area (Å²) in [4.78, 5) is 10.7. The van der Waals surface area contributed by atoms with Crippen molar-refractivity contribution in [3.63, 3.8) is 0 Å². The lowest BCUT2D eigenvalue weighted by molar-refractivity contribution is 0.0696. The Morgan fingerprint density at radius 1 is 1.19 bits per heavy atom. The van der Waals surface area contributed by atoms with E-state index >= 15 is 0 Å². The zero-order valence-electron chi connectivity index (χ0n) is 12.4. The maximum Gasteiger partial charge on any atom is 0.335 e. The average molecular weight is 316 g/mol. The van der Waals surface area contributed by atoms with Crippen LogP contribution in [0.2, 0.25) is 0 Å². The molecule has 0 fully saturated rings. The van der Waals surface area contributed by atoms with Crippen LogP contribution in [0.3, 0.4) is 0 Å². The van der Waals surface area contributed by atoms with Crippen molar-refractivity contribution in [1.82, 2.24) is 0 Å². The highest BCUT2D eigenvalue weighted by atomic mass is 32.2. The summed E-state index contributed by atoms with van der Waals surface area (Å²) in [6.45, 7) is 3.42. The molecule has 0 aliphatic heterocycles. The van der Waals surface area contributed by atoms with Crippen LogP contribution < -0.4 is 0 Å². The topological polar surface area (TPSA) is 71.4 Å². The second kappa shape index (κ2) is 7.54. The first kappa shape index (κ1) is 17.6. The normalized spacial score (nSPS) is 11.6. The van der Waals surface area contributed by atoms with Crippen molar-refractivity contribution in [2.45, 2.75) is 50.8 Å². The quantitative estimate of drug-likeness (QED) is 0.744. The zero-order valence-corrected chi connectivity index (χ0v) is 13.2. The standard InChI is InChI=1S/C15H21FO4S/c1-3-4-5-6-7-8-21(19,20)14-10-12(15(17)18)9-13(16)11(14)2/h9-10H,3-8H2,1-2H3,(H,17,18). The minimum absolute atomic E-state index is 0.0199. The van der Waals surface area contributed by atoms with E-state index in [-0.39, 0.29) is 21.8 Å². The van der Waals surface area contributed by atoms with Gasteiger partial charge in [0.05, 0.1) is 16.2 Å². The molecule has 1 N–H and O–H groups in total. The van der Waals surface area contributed by atoms with Gasteiger partial charge in [-0.15, -0.1) is 0 Å². The van der Waals surface area contributed by atoms with E-state index in [4.69, 9.17) is 5.11 Å². The molecule has 0 heterocycles. The first-order valence-corrected chi connectivity index (χ1v) is 8.71. The Bertz CT molecular complexity index is 608. The molecule has 6 heteroatoms. The lowest BCUT2D eigenvalue weighted by atomic mass is 10.1. The zero-order chi connectivity index (χ0) is 16.0. The van der Waals surface area contributed by atoms with Gasteiger partial charge in [0.15, 0.2) is 9.84 Å². The highest BCUT2D eigenvalue weighted by molar-refractivity contribution is 7.91. The molecule has 118 valence electrons.